The van der Waals surface area contributed by atoms with Gasteiger partial charge in [0.1, 0.15) is 28.5 Å². The van der Waals surface area contributed by atoms with Crippen molar-refractivity contribution >= 4 is 23.7 Å². The van der Waals surface area contributed by atoms with Crippen LogP contribution in [0.1, 0.15) is 43.8 Å². The van der Waals surface area contributed by atoms with E-state index in [0.29, 0.717) is 6.07 Å². The second-order valence-electron chi connectivity index (χ2n) is 4.90. The normalized spacial score (nSPS) is 10.4. The van der Waals surface area contributed by atoms with Crippen LogP contribution >= 0.6 is 0 Å². The smallest absolute Gasteiger partial charge is 0.342 e. The molecule has 0 aliphatic rings. The van der Waals surface area contributed by atoms with Crippen molar-refractivity contribution in [2.45, 2.75) is 13.8 Å². The van der Waals surface area contributed by atoms with E-state index in [9.17, 15) is 23.2 Å². The average Bonchev–Trinajstić information content (AvgIpc) is 2.83. The lowest BCUT2D eigenvalue weighted by molar-refractivity contribution is 0.0521. The Kier molecular flexibility index (Phi) is 5.16. The zero-order valence-electron chi connectivity index (χ0n) is 13.3. The van der Waals surface area contributed by atoms with Crippen LogP contribution in [0.25, 0.3) is 0 Å². The fourth-order valence-corrected chi connectivity index (χ4v) is 2.16. The average molecular weight is 352 g/mol. The van der Waals surface area contributed by atoms with Gasteiger partial charge in [-0.25, -0.2) is 13.6 Å². The quantitative estimate of drug-likeness (QED) is 0.803. The third kappa shape index (κ3) is 3.65. The van der Waals surface area contributed by atoms with Crippen molar-refractivity contribution in [2.24, 2.45) is 5.73 Å². The van der Waals surface area contributed by atoms with Crippen LogP contribution in [-0.4, -0.2) is 24.4 Å². The van der Waals surface area contributed by atoms with Crippen LogP contribution in [0.4, 0.5) is 14.7 Å². The Labute approximate surface area is 140 Å². The van der Waals surface area contributed by atoms with Crippen LogP contribution in [0.15, 0.2) is 22.6 Å². The summed E-state index contributed by atoms with van der Waals surface area (Å²) in [4.78, 5) is 35.8. The molecule has 7 nitrogen and oxygen atoms in total. The van der Waals surface area contributed by atoms with E-state index < -0.39 is 46.4 Å². The van der Waals surface area contributed by atoms with E-state index >= 15 is 0 Å². The van der Waals surface area contributed by atoms with Gasteiger partial charge in [-0.15, -0.1) is 0 Å². The van der Waals surface area contributed by atoms with Crippen LogP contribution in [0.2, 0.25) is 0 Å². The topological polar surface area (TPSA) is 112 Å². The molecule has 2 amide bonds. The highest BCUT2D eigenvalue weighted by molar-refractivity contribution is 6.12. The summed E-state index contributed by atoms with van der Waals surface area (Å²) < 4.78 is 36.6. The molecule has 0 fully saturated rings. The number of ether oxygens (including phenoxy) is 1. The molecule has 0 aliphatic carbocycles. The molecule has 0 spiro atoms. The largest absolute Gasteiger partial charge is 0.462 e. The van der Waals surface area contributed by atoms with Gasteiger partial charge >= 0.3 is 5.97 Å². The fourth-order valence-electron chi connectivity index (χ4n) is 2.16. The maximum absolute atomic E-state index is 13.7. The molecular weight excluding hydrogens is 338 g/mol. The van der Waals surface area contributed by atoms with E-state index in [1.807, 2.05) is 0 Å². The van der Waals surface area contributed by atoms with E-state index in [4.69, 9.17) is 14.9 Å². The Balaban J connectivity index is 2.42. The Morgan fingerprint density at radius 1 is 1.24 bits per heavy atom. The molecule has 132 valence electrons. The minimum absolute atomic E-state index is 0.0119. The third-order valence-electron chi connectivity index (χ3n) is 3.21. The van der Waals surface area contributed by atoms with Gasteiger partial charge < -0.3 is 14.9 Å². The van der Waals surface area contributed by atoms with Crippen LogP contribution in [0, 0.1) is 18.6 Å². The number of hydrogen-bond acceptors (Lipinski definition) is 5. The standard InChI is InChI=1S/C16H14F2N2O5/c1-3-24-16(23)11-7(2)25-15(12(11)13(19)21)20-14(22)9-5-4-8(17)6-10(9)18/h4-6H,3H2,1-2H3,(H2,19,21)(H,20,22). The Morgan fingerprint density at radius 3 is 2.48 bits per heavy atom. The number of furan rings is 1. The van der Waals surface area contributed by atoms with Gasteiger partial charge in [0, 0.05) is 6.07 Å². The first kappa shape index (κ1) is 18.1. The molecule has 0 unspecified atom stereocenters. The fraction of sp³-hybridized carbons (Fsp3) is 0.188. The zero-order chi connectivity index (χ0) is 18.7. The lowest BCUT2D eigenvalue weighted by Crippen LogP contribution is -2.20. The summed E-state index contributed by atoms with van der Waals surface area (Å²) in [6.45, 7) is 2.98. The molecule has 0 aliphatic heterocycles. The number of primary amides is 1. The van der Waals surface area contributed by atoms with Crippen molar-refractivity contribution < 1.29 is 32.3 Å². The van der Waals surface area contributed by atoms with Crippen molar-refractivity contribution in [3.63, 3.8) is 0 Å². The first-order chi connectivity index (χ1) is 11.8. The lowest BCUT2D eigenvalue weighted by Gasteiger charge is -2.05. The maximum atomic E-state index is 13.7. The van der Waals surface area contributed by atoms with E-state index in [0.717, 1.165) is 12.1 Å². The van der Waals surface area contributed by atoms with Crippen LogP contribution in [0.5, 0.6) is 0 Å². The summed E-state index contributed by atoms with van der Waals surface area (Å²) >= 11 is 0. The molecule has 3 N–H and O–H groups in total. The Morgan fingerprint density at radius 2 is 1.92 bits per heavy atom. The van der Waals surface area contributed by atoms with Crippen molar-refractivity contribution in [2.75, 3.05) is 11.9 Å². The lowest BCUT2D eigenvalue weighted by atomic mass is 10.1. The van der Waals surface area contributed by atoms with Crippen molar-refractivity contribution in [1.82, 2.24) is 0 Å². The van der Waals surface area contributed by atoms with Crippen LogP contribution in [-0.2, 0) is 4.74 Å². The number of nitrogens with one attached hydrogen (secondary N) is 1. The highest BCUT2D eigenvalue weighted by Gasteiger charge is 2.29. The number of anilines is 1. The molecule has 0 bridgehead atoms. The van der Waals surface area contributed by atoms with Gasteiger partial charge in [0.05, 0.1) is 12.2 Å². The van der Waals surface area contributed by atoms with Gasteiger partial charge in [0.15, 0.2) is 0 Å². The number of carbonyl (C=O) groups excluding carboxylic acids is 3. The number of benzene rings is 1. The van der Waals surface area contributed by atoms with Gasteiger partial charge in [0.25, 0.3) is 11.8 Å². The first-order valence-corrected chi connectivity index (χ1v) is 7.13. The van der Waals surface area contributed by atoms with E-state index in [2.05, 4.69) is 5.32 Å². The van der Waals surface area contributed by atoms with Crippen molar-refractivity contribution in [1.29, 1.82) is 0 Å². The molecule has 1 aromatic carbocycles. The van der Waals surface area contributed by atoms with Crippen LogP contribution in [0.3, 0.4) is 0 Å². The number of nitrogens with two attached hydrogens (primary N) is 1. The number of amides is 2. The molecular formula is C16H14F2N2O5. The van der Waals surface area contributed by atoms with Gasteiger partial charge in [-0.3, -0.25) is 14.9 Å². The molecule has 1 aromatic heterocycles. The summed E-state index contributed by atoms with van der Waals surface area (Å²) in [5, 5.41) is 2.15. The van der Waals surface area contributed by atoms with Crippen molar-refractivity contribution in [3.05, 3.63) is 52.3 Å². The molecule has 0 saturated carbocycles. The number of esters is 1. The molecule has 2 aromatic rings. The highest BCUT2D eigenvalue weighted by atomic mass is 19.1. The van der Waals surface area contributed by atoms with Gasteiger partial charge in [0.2, 0.25) is 5.88 Å². The molecule has 0 atom stereocenters. The minimum Gasteiger partial charge on any atom is -0.462 e. The van der Waals surface area contributed by atoms with Crippen LogP contribution < -0.4 is 11.1 Å². The minimum atomic E-state index is -1.10. The SMILES string of the molecule is CCOC(=O)c1c(C)oc(NC(=O)c2ccc(F)cc2F)c1C(N)=O. The third-order valence-corrected chi connectivity index (χ3v) is 3.21. The summed E-state index contributed by atoms with van der Waals surface area (Å²) in [5.41, 5.74) is 4.13. The Hall–Kier alpha value is -3.23. The van der Waals surface area contributed by atoms with Gasteiger partial charge in [-0.2, -0.15) is 0 Å². The zero-order valence-corrected chi connectivity index (χ0v) is 13.3. The van der Waals surface area contributed by atoms with E-state index in [1.165, 1.54) is 6.92 Å². The maximum Gasteiger partial charge on any atom is 0.342 e. The number of hydrogen-bond donors (Lipinski definition) is 2. The monoisotopic (exact) mass is 352 g/mol. The summed E-state index contributed by atoms with van der Waals surface area (Å²) in [6.07, 6.45) is 0. The first-order valence-electron chi connectivity index (χ1n) is 7.13. The number of rotatable bonds is 5. The molecule has 0 radical (unpaired) electrons. The molecule has 0 saturated heterocycles. The predicted molar refractivity (Wildman–Crippen MR) is 82.2 cm³/mol. The molecule has 2 rings (SSSR count). The van der Waals surface area contributed by atoms with Gasteiger partial charge in [-0.05, 0) is 26.0 Å². The molecule has 25 heavy (non-hydrogen) atoms. The summed E-state index contributed by atoms with van der Waals surface area (Å²) in [5.74, 6) is -5.31. The number of halogens is 2. The highest BCUT2D eigenvalue weighted by Crippen LogP contribution is 2.28. The Bertz CT molecular complexity index is 860. The van der Waals surface area contributed by atoms with E-state index in [-0.39, 0.29) is 17.9 Å². The van der Waals surface area contributed by atoms with Gasteiger partial charge in [-0.1, -0.05) is 0 Å². The predicted octanol–water partition coefficient (Wildman–Crippen LogP) is 2.39. The molecule has 1 heterocycles. The van der Waals surface area contributed by atoms with E-state index in [1.54, 1.807) is 6.92 Å². The number of aryl methyl sites for hydroxylation is 1. The second kappa shape index (κ2) is 7.12. The van der Waals surface area contributed by atoms with Crippen molar-refractivity contribution in [3.8, 4) is 0 Å². The number of carbonyl (C=O) groups is 3. The molecule has 9 heteroatoms. The summed E-state index contributed by atoms with van der Waals surface area (Å²) in [7, 11) is 0. The summed E-state index contributed by atoms with van der Waals surface area (Å²) in [6, 6.07) is 2.34. The second-order valence-corrected chi connectivity index (χ2v) is 4.90.